The number of nitrogens with two attached hydrogens (primary N) is 3. The maximum absolute atomic E-state index is 10.9. The Kier molecular flexibility index (Phi) is 8.99. The van der Waals surface area contributed by atoms with E-state index in [9.17, 15) is 40.9 Å². The molecule has 15 heteroatoms. The zero-order valence-corrected chi connectivity index (χ0v) is 17.7. The molecule has 3 aliphatic rings. The van der Waals surface area contributed by atoms with Crippen molar-refractivity contribution in [3.63, 3.8) is 0 Å². The monoisotopic (exact) mass is 485 g/mol. The van der Waals surface area contributed by atoms with Crippen molar-refractivity contribution in [1.29, 1.82) is 0 Å². The Morgan fingerprint density at radius 2 is 1.06 bits per heavy atom. The fourth-order valence-corrected chi connectivity index (χ4v) is 4.36. The molecule has 3 rings (SSSR count). The standard InChI is InChI=1S/C18H35N3O12/c19-4-1-5(20)16(33-18-13(28)12(27)10(25)7(3-23)31-18)14(29)15(4)32-17-11(26)8(21)9(24)6(2-22)30-17/h4-18,22-29H,1-3,19-21H2/t4-,5?,6?,7?,8-,9-,10-,11?,12+,13?,14?,15-,16-,17-,18+/m1/s1. The molecule has 2 heterocycles. The van der Waals surface area contributed by atoms with Gasteiger partial charge < -0.3 is 77.0 Å². The summed E-state index contributed by atoms with van der Waals surface area (Å²) < 4.78 is 22.0. The van der Waals surface area contributed by atoms with Crippen molar-refractivity contribution in [2.24, 2.45) is 17.2 Å². The Labute approximate surface area is 189 Å². The van der Waals surface area contributed by atoms with E-state index >= 15 is 0 Å². The third-order valence-corrected chi connectivity index (χ3v) is 6.43. The number of aliphatic hydroxyl groups excluding tert-OH is 8. The molecule has 3 fully saturated rings. The van der Waals surface area contributed by atoms with Crippen LogP contribution in [-0.2, 0) is 18.9 Å². The number of ether oxygens (including phenoxy) is 4. The lowest BCUT2D eigenvalue weighted by atomic mass is 9.84. The molecule has 0 spiro atoms. The molecule has 0 radical (unpaired) electrons. The zero-order valence-electron chi connectivity index (χ0n) is 17.7. The molecular weight excluding hydrogens is 450 g/mol. The zero-order chi connectivity index (χ0) is 24.6. The van der Waals surface area contributed by atoms with Crippen molar-refractivity contribution in [2.45, 2.75) is 98.2 Å². The highest BCUT2D eigenvalue weighted by molar-refractivity contribution is 5.01. The maximum Gasteiger partial charge on any atom is 0.187 e. The Morgan fingerprint density at radius 1 is 0.606 bits per heavy atom. The molecule has 33 heavy (non-hydrogen) atoms. The van der Waals surface area contributed by atoms with Gasteiger partial charge >= 0.3 is 0 Å². The average Bonchev–Trinajstić information content (AvgIpc) is 2.79. The first kappa shape index (κ1) is 27.0. The molecule has 1 aliphatic carbocycles. The van der Waals surface area contributed by atoms with E-state index in [1.807, 2.05) is 0 Å². The molecular formula is C18H35N3O12. The van der Waals surface area contributed by atoms with E-state index in [2.05, 4.69) is 0 Å². The van der Waals surface area contributed by atoms with E-state index in [-0.39, 0.29) is 6.42 Å². The number of aliphatic hydroxyl groups is 8. The highest BCUT2D eigenvalue weighted by Gasteiger charge is 2.51. The van der Waals surface area contributed by atoms with Gasteiger partial charge in [0.05, 0.1) is 19.3 Å². The molecule has 0 aromatic carbocycles. The number of rotatable bonds is 6. The lowest BCUT2D eigenvalue weighted by Gasteiger charge is -2.48. The molecule has 0 amide bonds. The smallest absolute Gasteiger partial charge is 0.187 e. The summed E-state index contributed by atoms with van der Waals surface area (Å²) in [6, 6.07) is -2.92. The van der Waals surface area contributed by atoms with E-state index in [1.165, 1.54) is 0 Å². The van der Waals surface area contributed by atoms with Crippen molar-refractivity contribution in [3.8, 4) is 0 Å². The summed E-state index contributed by atoms with van der Waals surface area (Å²) in [4.78, 5) is 0. The van der Waals surface area contributed by atoms with Crippen LogP contribution < -0.4 is 17.2 Å². The Morgan fingerprint density at radius 3 is 1.55 bits per heavy atom. The highest BCUT2D eigenvalue weighted by atomic mass is 16.7. The van der Waals surface area contributed by atoms with Gasteiger partial charge in [0, 0.05) is 12.1 Å². The summed E-state index contributed by atoms with van der Waals surface area (Å²) in [5.74, 6) is 0. The van der Waals surface area contributed by atoms with Crippen molar-refractivity contribution in [3.05, 3.63) is 0 Å². The van der Waals surface area contributed by atoms with E-state index in [0.29, 0.717) is 0 Å². The molecule has 1 saturated carbocycles. The van der Waals surface area contributed by atoms with Crippen molar-refractivity contribution in [1.82, 2.24) is 0 Å². The molecule has 14 N–H and O–H groups in total. The lowest BCUT2D eigenvalue weighted by molar-refractivity contribution is -0.335. The van der Waals surface area contributed by atoms with Gasteiger partial charge in [-0.05, 0) is 6.42 Å². The molecule has 2 aliphatic heterocycles. The summed E-state index contributed by atoms with van der Waals surface area (Å²) in [5, 5.41) is 80.0. The van der Waals surface area contributed by atoms with Crippen LogP contribution in [0.25, 0.3) is 0 Å². The summed E-state index contributed by atoms with van der Waals surface area (Å²) in [5.41, 5.74) is 17.9. The average molecular weight is 485 g/mol. The van der Waals surface area contributed by atoms with Crippen LogP contribution in [0, 0.1) is 0 Å². The quantitative estimate of drug-likeness (QED) is 0.167. The third kappa shape index (κ3) is 5.32. The summed E-state index contributed by atoms with van der Waals surface area (Å²) in [7, 11) is 0. The predicted octanol–water partition coefficient (Wildman–Crippen LogP) is -7.26. The van der Waals surface area contributed by atoms with E-state index in [0.717, 1.165) is 0 Å². The van der Waals surface area contributed by atoms with Crippen LogP contribution in [0.3, 0.4) is 0 Å². The largest absolute Gasteiger partial charge is 0.394 e. The van der Waals surface area contributed by atoms with Crippen molar-refractivity contribution < 1.29 is 59.8 Å². The first-order valence-corrected chi connectivity index (χ1v) is 10.7. The van der Waals surface area contributed by atoms with Crippen LogP contribution in [0.4, 0.5) is 0 Å². The lowest BCUT2D eigenvalue weighted by Crippen LogP contribution is -2.68. The van der Waals surface area contributed by atoms with Gasteiger partial charge in [-0.1, -0.05) is 0 Å². The minimum Gasteiger partial charge on any atom is -0.394 e. The Bertz CT molecular complexity index is 582. The normalized spacial score (nSPS) is 53.7. The first-order chi connectivity index (χ1) is 15.5. The van der Waals surface area contributed by atoms with Crippen LogP contribution in [0.15, 0.2) is 0 Å². The second-order valence-corrected chi connectivity index (χ2v) is 8.74. The van der Waals surface area contributed by atoms with E-state index in [4.69, 9.17) is 36.1 Å². The first-order valence-electron chi connectivity index (χ1n) is 10.7. The Hall–Kier alpha value is -0.600. The van der Waals surface area contributed by atoms with Crippen molar-refractivity contribution >= 4 is 0 Å². The van der Waals surface area contributed by atoms with Gasteiger partial charge in [0.1, 0.15) is 61.0 Å². The van der Waals surface area contributed by atoms with Crippen LogP contribution in [0.5, 0.6) is 0 Å². The SMILES string of the molecule is NC1C[C@@H](N)[C@@H](O[C@H]2OC(CO)[C@@H](O)[C@@H](N)C2O)C(O)[C@@H]1O[C@@H]1OC(CO)[C@@H](O)[C@H](O)C1O. The number of hydrogen-bond acceptors (Lipinski definition) is 15. The Balaban J connectivity index is 1.72. The highest BCUT2D eigenvalue weighted by Crippen LogP contribution is 2.31. The topological polar surface area (TPSA) is 277 Å². The van der Waals surface area contributed by atoms with Gasteiger partial charge in [-0.3, -0.25) is 0 Å². The van der Waals surface area contributed by atoms with Gasteiger partial charge in [-0.25, -0.2) is 0 Å². The molecule has 0 aromatic heterocycles. The van der Waals surface area contributed by atoms with Crippen LogP contribution in [0.2, 0.25) is 0 Å². The third-order valence-electron chi connectivity index (χ3n) is 6.43. The molecule has 0 aromatic rings. The van der Waals surface area contributed by atoms with Crippen LogP contribution in [-0.4, -0.2) is 146 Å². The van der Waals surface area contributed by atoms with E-state index in [1.54, 1.807) is 0 Å². The maximum atomic E-state index is 10.9. The van der Waals surface area contributed by atoms with Crippen LogP contribution in [0.1, 0.15) is 6.42 Å². The molecule has 194 valence electrons. The fourth-order valence-electron chi connectivity index (χ4n) is 4.36. The van der Waals surface area contributed by atoms with E-state index < -0.39 is 105 Å². The second kappa shape index (κ2) is 11.0. The summed E-state index contributed by atoms with van der Waals surface area (Å²) in [6.45, 7) is -1.27. The molecule has 15 nitrogen and oxygen atoms in total. The minimum atomic E-state index is -1.72. The van der Waals surface area contributed by atoms with Crippen LogP contribution >= 0.6 is 0 Å². The molecule has 0 bridgehead atoms. The van der Waals surface area contributed by atoms with Gasteiger partial charge in [0.15, 0.2) is 12.6 Å². The summed E-state index contributed by atoms with van der Waals surface area (Å²) >= 11 is 0. The second-order valence-electron chi connectivity index (χ2n) is 8.74. The van der Waals surface area contributed by atoms with Crippen molar-refractivity contribution in [2.75, 3.05) is 13.2 Å². The fraction of sp³-hybridized carbons (Fsp3) is 1.00. The van der Waals surface area contributed by atoms with Gasteiger partial charge in [-0.15, -0.1) is 0 Å². The van der Waals surface area contributed by atoms with Gasteiger partial charge in [0.2, 0.25) is 0 Å². The molecule has 6 unspecified atom stereocenters. The van der Waals surface area contributed by atoms with Gasteiger partial charge in [0.25, 0.3) is 0 Å². The minimum absolute atomic E-state index is 0.0603. The molecule has 15 atom stereocenters. The predicted molar refractivity (Wildman–Crippen MR) is 106 cm³/mol. The summed E-state index contributed by atoms with van der Waals surface area (Å²) in [6.07, 6.45) is -17.2. The number of hydrogen-bond donors (Lipinski definition) is 11. The van der Waals surface area contributed by atoms with Gasteiger partial charge in [-0.2, -0.15) is 0 Å². The molecule has 2 saturated heterocycles.